The third-order valence-corrected chi connectivity index (χ3v) is 2.78. The Balaban J connectivity index is 2.69. The summed E-state index contributed by atoms with van der Waals surface area (Å²) in [5.41, 5.74) is 7.06. The van der Waals surface area contributed by atoms with Crippen molar-refractivity contribution in [3.63, 3.8) is 0 Å². The van der Waals surface area contributed by atoms with Gasteiger partial charge in [-0.3, -0.25) is 0 Å². The van der Waals surface area contributed by atoms with E-state index < -0.39 is 0 Å². The SMILES string of the molecule is CCN(CC)C(N)=NCc1cccc(OC(C)C)c1. The molecule has 0 aliphatic rings. The first-order valence-electron chi connectivity index (χ1n) is 6.87. The van der Waals surface area contributed by atoms with Crippen molar-refractivity contribution in [3.8, 4) is 5.75 Å². The molecule has 0 amide bonds. The summed E-state index contributed by atoms with van der Waals surface area (Å²) in [6.45, 7) is 10.5. The van der Waals surface area contributed by atoms with Crippen molar-refractivity contribution in [1.29, 1.82) is 0 Å². The normalized spacial score (nSPS) is 11.7. The molecule has 0 aromatic heterocycles. The first-order valence-corrected chi connectivity index (χ1v) is 6.87. The molecule has 4 heteroatoms. The summed E-state index contributed by atoms with van der Waals surface area (Å²) in [6.07, 6.45) is 0.180. The van der Waals surface area contributed by atoms with Gasteiger partial charge in [0.2, 0.25) is 0 Å². The Kier molecular flexibility index (Phi) is 6.19. The van der Waals surface area contributed by atoms with E-state index in [2.05, 4.69) is 18.8 Å². The van der Waals surface area contributed by atoms with Gasteiger partial charge in [0.05, 0.1) is 12.6 Å². The van der Waals surface area contributed by atoms with Crippen molar-refractivity contribution < 1.29 is 4.74 Å². The zero-order valence-electron chi connectivity index (χ0n) is 12.4. The van der Waals surface area contributed by atoms with E-state index in [0.717, 1.165) is 24.4 Å². The van der Waals surface area contributed by atoms with Crippen LogP contribution < -0.4 is 10.5 Å². The van der Waals surface area contributed by atoms with E-state index in [4.69, 9.17) is 10.5 Å². The lowest BCUT2D eigenvalue weighted by Crippen LogP contribution is -2.37. The molecule has 2 N–H and O–H groups in total. The van der Waals surface area contributed by atoms with E-state index in [1.165, 1.54) is 0 Å². The Morgan fingerprint density at radius 1 is 1.32 bits per heavy atom. The van der Waals surface area contributed by atoms with Gasteiger partial charge in [-0.1, -0.05) is 12.1 Å². The second-order valence-corrected chi connectivity index (χ2v) is 4.66. The number of hydrogen-bond donors (Lipinski definition) is 1. The van der Waals surface area contributed by atoms with Gasteiger partial charge in [0.25, 0.3) is 0 Å². The first-order chi connectivity index (χ1) is 9.06. The lowest BCUT2D eigenvalue weighted by Gasteiger charge is -2.19. The summed E-state index contributed by atoms with van der Waals surface area (Å²) < 4.78 is 5.66. The number of benzene rings is 1. The molecule has 19 heavy (non-hydrogen) atoms. The van der Waals surface area contributed by atoms with Crippen molar-refractivity contribution in [3.05, 3.63) is 29.8 Å². The van der Waals surface area contributed by atoms with Crippen LogP contribution in [0.4, 0.5) is 0 Å². The molecule has 0 saturated carbocycles. The molecule has 0 atom stereocenters. The van der Waals surface area contributed by atoms with Crippen molar-refractivity contribution >= 4 is 5.96 Å². The zero-order valence-corrected chi connectivity index (χ0v) is 12.4. The fourth-order valence-corrected chi connectivity index (χ4v) is 1.81. The van der Waals surface area contributed by atoms with Gasteiger partial charge < -0.3 is 15.4 Å². The van der Waals surface area contributed by atoms with Gasteiger partial charge in [-0.05, 0) is 45.4 Å². The number of aliphatic imine (C=N–C) groups is 1. The summed E-state index contributed by atoms with van der Waals surface area (Å²) in [6, 6.07) is 7.99. The minimum Gasteiger partial charge on any atom is -0.491 e. The maximum atomic E-state index is 5.95. The number of ether oxygens (including phenoxy) is 1. The molecule has 4 nitrogen and oxygen atoms in total. The largest absolute Gasteiger partial charge is 0.491 e. The summed E-state index contributed by atoms with van der Waals surface area (Å²) in [4.78, 5) is 6.46. The van der Waals surface area contributed by atoms with Gasteiger partial charge in [-0.15, -0.1) is 0 Å². The zero-order chi connectivity index (χ0) is 14.3. The van der Waals surface area contributed by atoms with Crippen molar-refractivity contribution in [2.24, 2.45) is 10.7 Å². The minimum absolute atomic E-state index is 0.180. The van der Waals surface area contributed by atoms with E-state index in [0.29, 0.717) is 12.5 Å². The van der Waals surface area contributed by atoms with Crippen LogP contribution >= 0.6 is 0 Å². The molecule has 0 heterocycles. The van der Waals surface area contributed by atoms with Crippen LogP contribution in [0.3, 0.4) is 0 Å². The van der Waals surface area contributed by atoms with Crippen molar-refractivity contribution in [2.45, 2.75) is 40.3 Å². The standard InChI is InChI=1S/C15H25N3O/c1-5-18(6-2)15(16)17-11-13-8-7-9-14(10-13)19-12(3)4/h7-10,12H,5-6,11H2,1-4H3,(H2,16,17). The second-order valence-electron chi connectivity index (χ2n) is 4.66. The molecule has 0 spiro atoms. The molecule has 106 valence electrons. The lowest BCUT2D eigenvalue weighted by atomic mass is 10.2. The number of hydrogen-bond acceptors (Lipinski definition) is 2. The van der Waals surface area contributed by atoms with E-state index in [1.807, 2.05) is 43.0 Å². The Bertz CT molecular complexity index is 412. The molecule has 1 aromatic carbocycles. The van der Waals surface area contributed by atoms with Crippen LogP contribution in [0.2, 0.25) is 0 Å². The van der Waals surface area contributed by atoms with Crippen LogP contribution in [0.5, 0.6) is 5.75 Å². The van der Waals surface area contributed by atoms with Gasteiger partial charge in [-0.25, -0.2) is 4.99 Å². The van der Waals surface area contributed by atoms with E-state index >= 15 is 0 Å². The Morgan fingerprint density at radius 2 is 2.00 bits per heavy atom. The molecular weight excluding hydrogens is 238 g/mol. The summed E-state index contributed by atoms with van der Waals surface area (Å²) in [7, 11) is 0. The molecule has 0 fully saturated rings. The summed E-state index contributed by atoms with van der Waals surface area (Å²) in [5.74, 6) is 1.48. The molecule has 0 bridgehead atoms. The maximum absolute atomic E-state index is 5.95. The van der Waals surface area contributed by atoms with E-state index in [9.17, 15) is 0 Å². The Hall–Kier alpha value is -1.71. The summed E-state index contributed by atoms with van der Waals surface area (Å²) in [5, 5.41) is 0. The van der Waals surface area contributed by atoms with E-state index in [1.54, 1.807) is 0 Å². The summed E-state index contributed by atoms with van der Waals surface area (Å²) >= 11 is 0. The highest BCUT2D eigenvalue weighted by molar-refractivity contribution is 5.78. The van der Waals surface area contributed by atoms with Crippen LogP contribution in [0, 0.1) is 0 Å². The highest BCUT2D eigenvalue weighted by Crippen LogP contribution is 2.15. The molecule has 0 saturated heterocycles. The monoisotopic (exact) mass is 263 g/mol. The first kappa shape index (κ1) is 15.3. The maximum Gasteiger partial charge on any atom is 0.191 e. The third-order valence-electron chi connectivity index (χ3n) is 2.78. The Labute approximate surface area is 116 Å². The smallest absolute Gasteiger partial charge is 0.191 e. The van der Waals surface area contributed by atoms with Crippen molar-refractivity contribution in [2.75, 3.05) is 13.1 Å². The topological polar surface area (TPSA) is 50.8 Å². The molecule has 0 aliphatic heterocycles. The van der Waals surface area contributed by atoms with E-state index in [-0.39, 0.29) is 6.10 Å². The Morgan fingerprint density at radius 3 is 2.58 bits per heavy atom. The fraction of sp³-hybridized carbons (Fsp3) is 0.533. The predicted octanol–water partition coefficient (Wildman–Crippen LogP) is 2.63. The van der Waals surface area contributed by atoms with Gasteiger partial charge in [0.1, 0.15) is 5.75 Å². The number of guanidine groups is 1. The minimum atomic E-state index is 0.180. The van der Waals surface area contributed by atoms with Crippen LogP contribution in [-0.2, 0) is 6.54 Å². The molecule has 0 unspecified atom stereocenters. The lowest BCUT2D eigenvalue weighted by molar-refractivity contribution is 0.242. The van der Waals surface area contributed by atoms with Crippen LogP contribution in [0.1, 0.15) is 33.3 Å². The van der Waals surface area contributed by atoms with Gasteiger partial charge in [-0.2, -0.15) is 0 Å². The fourth-order valence-electron chi connectivity index (χ4n) is 1.81. The average Bonchev–Trinajstić information content (AvgIpc) is 2.37. The van der Waals surface area contributed by atoms with Crippen molar-refractivity contribution in [1.82, 2.24) is 4.90 Å². The molecular formula is C15H25N3O. The number of nitrogens with two attached hydrogens (primary N) is 1. The van der Waals surface area contributed by atoms with Gasteiger partial charge in [0.15, 0.2) is 5.96 Å². The molecule has 0 radical (unpaired) electrons. The molecule has 0 aliphatic carbocycles. The average molecular weight is 263 g/mol. The van der Waals surface area contributed by atoms with Crippen LogP contribution in [-0.4, -0.2) is 30.1 Å². The quantitative estimate of drug-likeness (QED) is 0.634. The van der Waals surface area contributed by atoms with Gasteiger partial charge in [0, 0.05) is 13.1 Å². The predicted molar refractivity (Wildman–Crippen MR) is 80.5 cm³/mol. The second kappa shape index (κ2) is 7.67. The number of rotatable bonds is 6. The number of nitrogens with zero attached hydrogens (tertiary/aromatic N) is 2. The molecule has 1 aromatic rings. The molecule has 1 rings (SSSR count). The highest BCUT2D eigenvalue weighted by atomic mass is 16.5. The van der Waals surface area contributed by atoms with Gasteiger partial charge >= 0.3 is 0 Å². The third kappa shape index (κ3) is 5.20. The van der Waals surface area contributed by atoms with Crippen LogP contribution in [0.15, 0.2) is 29.3 Å². The highest BCUT2D eigenvalue weighted by Gasteiger charge is 2.03. The van der Waals surface area contributed by atoms with Crippen LogP contribution in [0.25, 0.3) is 0 Å².